The van der Waals surface area contributed by atoms with E-state index in [1.807, 2.05) is 63.0 Å². The maximum absolute atomic E-state index is 5.61. The smallest absolute Gasteiger partial charge is 0.119 e. The number of benzene rings is 1. The lowest BCUT2D eigenvalue weighted by atomic mass is 10.2. The second-order valence-corrected chi connectivity index (χ2v) is 4.96. The van der Waals surface area contributed by atoms with Crippen molar-refractivity contribution in [2.75, 3.05) is 5.32 Å². The zero-order chi connectivity index (χ0) is 13.8. The highest BCUT2D eigenvalue weighted by Crippen LogP contribution is 2.18. The Bertz CT molecular complexity index is 529. The number of anilines is 1. The highest BCUT2D eigenvalue weighted by molar-refractivity contribution is 5.46. The number of nitrogens with one attached hydrogen (secondary N) is 1. The van der Waals surface area contributed by atoms with E-state index in [4.69, 9.17) is 4.74 Å². The lowest BCUT2D eigenvalue weighted by molar-refractivity contribution is 0.242. The van der Waals surface area contributed by atoms with Gasteiger partial charge in [0.1, 0.15) is 5.75 Å². The van der Waals surface area contributed by atoms with Gasteiger partial charge in [-0.1, -0.05) is 0 Å². The normalized spacial score (nSPS) is 10.8. The van der Waals surface area contributed by atoms with Gasteiger partial charge < -0.3 is 10.1 Å². The molecule has 0 bridgehead atoms. The quantitative estimate of drug-likeness (QED) is 0.896. The summed E-state index contributed by atoms with van der Waals surface area (Å²) in [6.07, 6.45) is 2.25. The molecule has 2 aromatic rings. The van der Waals surface area contributed by atoms with Crippen molar-refractivity contribution in [2.45, 2.75) is 33.4 Å². The summed E-state index contributed by atoms with van der Waals surface area (Å²) in [5.74, 6) is 0.901. The minimum absolute atomic E-state index is 0.205. The van der Waals surface area contributed by atoms with Crippen LogP contribution >= 0.6 is 0 Å². The standard InChI is InChI=1S/C15H21N3O/c1-11(2)19-15-7-5-14(6-8-15)16-9-13-10-18(4)17-12(13)3/h5-8,10-11,16H,9H2,1-4H3. The molecule has 102 valence electrons. The summed E-state index contributed by atoms with van der Waals surface area (Å²) in [5, 5.41) is 7.71. The van der Waals surface area contributed by atoms with Gasteiger partial charge in [0.25, 0.3) is 0 Å². The van der Waals surface area contributed by atoms with Crippen LogP contribution in [0.15, 0.2) is 30.5 Å². The SMILES string of the molecule is Cc1nn(C)cc1CNc1ccc(OC(C)C)cc1. The van der Waals surface area contributed by atoms with Crippen molar-refractivity contribution in [1.82, 2.24) is 9.78 Å². The van der Waals surface area contributed by atoms with Crippen LogP contribution in [0.3, 0.4) is 0 Å². The molecule has 0 aliphatic carbocycles. The summed E-state index contributed by atoms with van der Waals surface area (Å²) >= 11 is 0. The first kappa shape index (κ1) is 13.5. The van der Waals surface area contributed by atoms with Gasteiger partial charge in [-0.3, -0.25) is 4.68 Å². The molecule has 1 aromatic carbocycles. The lowest BCUT2D eigenvalue weighted by Crippen LogP contribution is -2.05. The highest BCUT2D eigenvalue weighted by atomic mass is 16.5. The third-order valence-electron chi connectivity index (χ3n) is 2.82. The largest absolute Gasteiger partial charge is 0.491 e. The number of rotatable bonds is 5. The van der Waals surface area contributed by atoms with Gasteiger partial charge in [0.2, 0.25) is 0 Å². The van der Waals surface area contributed by atoms with Crippen molar-refractivity contribution in [3.05, 3.63) is 41.7 Å². The van der Waals surface area contributed by atoms with Gasteiger partial charge >= 0.3 is 0 Å². The van der Waals surface area contributed by atoms with Crippen LogP contribution < -0.4 is 10.1 Å². The van der Waals surface area contributed by atoms with Crippen LogP contribution in [0.4, 0.5) is 5.69 Å². The van der Waals surface area contributed by atoms with E-state index in [2.05, 4.69) is 10.4 Å². The van der Waals surface area contributed by atoms with Gasteiger partial charge in [-0.25, -0.2) is 0 Å². The average molecular weight is 259 g/mol. The van der Waals surface area contributed by atoms with E-state index >= 15 is 0 Å². The number of aromatic nitrogens is 2. The predicted molar refractivity (Wildman–Crippen MR) is 77.5 cm³/mol. The average Bonchev–Trinajstić information content (AvgIpc) is 2.66. The molecule has 0 atom stereocenters. The molecule has 0 radical (unpaired) electrons. The van der Waals surface area contributed by atoms with E-state index in [1.165, 1.54) is 5.56 Å². The molecule has 2 rings (SSSR count). The van der Waals surface area contributed by atoms with Crippen LogP contribution in [0.1, 0.15) is 25.1 Å². The molecule has 1 aromatic heterocycles. The zero-order valence-electron chi connectivity index (χ0n) is 12.0. The van der Waals surface area contributed by atoms with E-state index in [-0.39, 0.29) is 6.10 Å². The van der Waals surface area contributed by atoms with Crippen LogP contribution in [0, 0.1) is 6.92 Å². The van der Waals surface area contributed by atoms with Crippen LogP contribution in [-0.4, -0.2) is 15.9 Å². The molecule has 0 saturated carbocycles. The number of aryl methyl sites for hydroxylation is 2. The topological polar surface area (TPSA) is 39.1 Å². The van der Waals surface area contributed by atoms with E-state index in [9.17, 15) is 0 Å². The Labute approximate surface area is 114 Å². The zero-order valence-corrected chi connectivity index (χ0v) is 12.0. The molecule has 0 spiro atoms. The van der Waals surface area contributed by atoms with Crippen LogP contribution in [0.25, 0.3) is 0 Å². The third kappa shape index (κ3) is 3.74. The Hall–Kier alpha value is -1.97. The van der Waals surface area contributed by atoms with Crippen molar-refractivity contribution in [1.29, 1.82) is 0 Å². The van der Waals surface area contributed by atoms with Crippen molar-refractivity contribution in [3.8, 4) is 5.75 Å². The Morgan fingerprint density at radius 3 is 2.47 bits per heavy atom. The first-order chi connectivity index (χ1) is 9.04. The van der Waals surface area contributed by atoms with Gasteiger partial charge in [0.05, 0.1) is 11.8 Å². The maximum atomic E-state index is 5.61. The Balaban J connectivity index is 1.94. The lowest BCUT2D eigenvalue weighted by Gasteiger charge is -2.11. The number of hydrogen-bond acceptors (Lipinski definition) is 3. The van der Waals surface area contributed by atoms with Gasteiger partial charge in [-0.15, -0.1) is 0 Å². The van der Waals surface area contributed by atoms with Crippen molar-refractivity contribution in [3.63, 3.8) is 0 Å². The van der Waals surface area contributed by atoms with Gasteiger partial charge in [-0.05, 0) is 45.0 Å². The summed E-state index contributed by atoms with van der Waals surface area (Å²) in [5.41, 5.74) is 3.36. The first-order valence-electron chi connectivity index (χ1n) is 6.54. The summed E-state index contributed by atoms with van der Waals surface area (Å²) in [6.45, 7) is 6.86. The third-order valence-corrected chi connectivity index (χ3v) is 2.82. The fourth-order valence-corrected chi connectivity index (χ4v) is 1.94. The Kier molecular flexibility index (Phi) is 4.10. The second-order valence-electron chi connectivity index (χ2n) is 4.96. The summed E-state index contributed by atoms with van der Waals surface area (Å²) < 4.78 is 7.45. The molecule has 4 heteroatoms. The van der Waals surface area contributed by atoms with E-state index in [0.717, 1.165) is 23.7 Å². The number of nitrogens with zero attached hydrogens (tertiary/aromatic N) is 2. The summed E-state index contributed by atoms with van der Waals surface area (Å²) in [7, 11) is 1.94. The molecular formula is C15H21N3O. The monoisotopic (exact) mass is 259 g/mol. The van der Waals surface area contributed by atoms with Crippen LogP contribution in [0.2, 0.25) is 0 Å². The molecule has 0 amide bonds. The maximum Gasteiger partial charge on any atom is 0.119 e. The summed E-state index contributed by atoms with van der Waals surface area (Å²) in [6, 6.07) is 8.03. The molecule has 0 saturated heterocycles. The molecule has 1 N–H and O–H groups in total. The molecule has 0 aliphatic rings. The molecule has 0 unspecified atom stereocenters. The fourth-order valence-electron chi connectivity index (χ4n) is 1.94. The van der Waals surface area contributed by atoms with Crippen molar-refractivity contribution in [2.24, 2.45) is 7.05 Å². The van der Waals surface area contributed by atoms with Gasteiger partial charge in [0.15, 0.2) is 0 Å². The summed E-state index contributed by atoms with van der Waals surface area (Å²) in [4.78, 5) is 0. The van der Waals surface area contributed by atoms with Crippen LogP contribution in [-0.2, 0) is 13.6 Å². The fraction of sp³-hybridized carbons (Fsp3) is 0.400. The van der Waals surface area contributed by atoms with Gasteiger partial charge in [-0.2, -0.15) is 5.10 Å². The first-order valence-corrected chi connectivity index (χ1v) is 6.54. The molecule has 4 nitrogen and oxygen atoms in total. The minimum atomic E-state index is 0.205. The second kappa shape index (κ2) is 5.78. The molecule has 1 heterocycles. The Morgan fingerprint density at radius 1 is 1.26 bits per heavy atom. The molecule has 19 heavy (non-hydrogen) atoms. The molecular weight excluding hydrogens is 238 g/mol. The number of hydrogen-bond donors (Lipinski definition) is 1. The van der Waals surface area contributed by atoms with E-state index in [1.54, 1.807) is 0 Å². The van der Waals surface area contributed by atoms with Crippen molar-refractivity contribution < 1.29 is 4.74 Å². The predicted octanol–water partition coefficient (Wildman–Crippen LogP) is 3.13. The number of ether oxygens (including phenoxy) is 1. The van der Waals surface area contributed by atoms with Gasteiger partial charge in [0, 0.05) is 31.0 Å². The molecule has 0 aliphatic heterocycles. The highest BCUT2D eigenvalue weighted by Gasteiger charge is 2.03. The van der Waals surface area contributed by atoms with Crippen LogP contribution in [0.5, 0.6) is 5.75 Å². The van der Waals surface area contributed by atoms with E-state index < -0.39 is 0 Å². The van der Waals surface area contributed by atoms with Crippen molar-refractivity contribution >= 4 is 5.69 Å². The molecule has 0 fully saturated rings. The Morgan fingerprint density at radius 2 is 1.95 bits per heavy atom. The van der Waals surface area contributed by atoms with E-state index in [0.29, 0.717) is 0 Å². The minimum Gasteiger partial charge on any atom is -0.491 e.